The Labute approximate surface area is 147 Å². The summed E-state index contributed by atoms with van der Waals surface area (Å²) in [6, 6.07) is 0. The molecule has 0 amide bonds. The summed E-state index contributed by atoms with van der Waals surface area (Å²) >= 11 is 0. The number of rotatable bonds is 4. The Morgan fingerprint density at radius 3 is 0.556 bits per heavy atom. The molecule has 0 aromatic rings. The van der Waals surface area contributed by atoms with Gasteiger partial charge in [-0.3, -0.25) is 0 Å². The molecule has 0 bridgehead atoms. The van der Waals surface area contributed by atoms with Crippen LogP contribution in [0.25, 0.3) is 0 Å². The zero-order valence-electron chi connectivity index (χ0n) is 13.3. The Morgan fingerprint density at radius 1 is 0.500 bits per heavy atom. The van der Waals surface area contributed by atoms with Gasteiger partial charge in [-0.1, -0.05) is 107 Å². The van der Waals surface area contributed by atoms with Gasteiger partial charge in [0.15, 0.2) is 0 Å². The van der Waals surface area contributed by atoms with Crippen molar-refractivity contribution in [1.82, 2.24) is 0 Å². The standard InChI is InChI=1S/4C4H9.BrH.Sb/c4*1-3-4-2;;/h4*1,3-4H2,2H3;1H;/p-1. The Balaban J connectivity index is -0.0000000257. The van der Waals surface area contributed by atoms with Gasteiger partial charge >= 0.3 is 0 Å². The predicted molar refractivity (Wildman–Crippen MR) is 86.8 cm³/mol. The summed E-state index contributed by atoms with van der Waals surface area (Å²) in [5.74, 6) is 0. The minimum absolute atomic E-state index is 0. The third-order valence-corrected chi connectivity index (χ3v) is 1.41. The quantitative estimate of drug-likeness (QED) is 0.602. The molecule has 0 saturated heterocycles. The third-order valence-electron chi connectivity index (χ3n) is 1.41. The minimum atomic E-state index is 0. The van der Waals surface area contributed by atoms with Gasteiger partial charge in [0.25, 0.3) is 0 Å². The zero-order chi connectivity index (χ0) is 13.7. The monoisotopic (exact) mass is 428 g/mol. The van der Waals surface area contributed by atoms with Crippen LogP contribution in [0.4, 0.5) is 0 Å². The molecule has 0 N–H and O–H groups in total. The fourth-order valence-corrected chi connectivity index (χ4v) is 0. The average Bonchev–Trinajstić information content (AvgIpc) is 2.39. The Morgan fingerprint density at radius 2 is 0.556 bits per heavy atom. The zero-order valence-corrected chi connectivity index (χ0v) is 17.4. The molecule has 0 heterocycles. The van der Waals surface area contributed by atoms with E-state index in [-0.39, 0.29) is 41.4 Å². The van der Waals surface area contributed by atoms with E-state index in [1.54, 1.807) is 0 Å². The van der Waals surface area contributed by atoms with Crippen LogP contribution < -0.4 is 17.0 Å². The van der Waals surface area contributed by atoms with Crippen molar-refractivity contribution in [3.8, 4) is 0 Å². The summed E-state index contributed by atoms with van der Waals surface area (Å²) in [5, 5.41) is 0. The van der Waals surface area contributed by atoms with Crippen LogP contribution in [0.5, 0.6) is 0 Å². The van der Waals surface area contributed by atoms with Gasteiger partial charge in [-0.05, 0) is 0 Å². The van der Waals surface area contributed by atoms with Crippen molar-refractivity contribution in [2.45, 2.75) is 79.1 Å². The second-order valence-electron chi connectivity index (χ2n) is 3.41. The van der Waals surface area contributed by atoms with Crippen molar-refractivity contribution in [1.29, 1.82) is 0 Å². The van der Waals surface area contributed by atoms with Crippen LogP contribution in [0.15, 0.2) is 0 Å². The van der Waals surface area contributed by atoms with Gasteiger partial charge in [-0.15, -0.1) is 0 Å². The van der Waals surface area contributed by atoms with E-state index >= 15 is 0 Å². The van der Waals surface area contributed by atoms with Crippen molar-refractivity contribution < 1.29 is 17.0 Å². The summed E-state index contributed by atoms with van der Waals surface area (Å²) in [6.07, 6.45) is 9.11. The molecule has 0 fully saturated rings. The average molecular weight is 430 g/mol. The largest absolute Gasteiger partial charge is 1.00 e. The fourth-order valence-electron chi connectivity index (χ4n) is 0. The summed E-state index contributed by atoms with van der Waals surface area (Å²) in [6.45, 7) is 22.9. The summed E-state index contributed by atoms with van der Waals surface area (Å²) in [4.78, 5) is 0. The van der Waals surface area contributed by atoms with E-state index in [2.05, 4.69) is 55.4 Å². The Bertz CT molecular complexity index is 35.1. The first kappa shape index (κ1) is 36.5. The molecular weight excluding hydrogens is 394 g/mol. The van der Waals surface area contributed by atoms with Gasteiger partial charge in [-0.2, -0.15) is 0 Å². The SMILES string of the molecule is [Br-].[CH2]CCC.[CH2]CCC.[CH2]CCC.[CH2]CCC.[Sb]. The maximum atomic E-state index is 3.60. The second-order valence-corrected chi connectivity index (χ2v) is 3.41. The summed E-state index contributed by atoms with van der Waals surface area (Å²) in [7, 11) is 0. The summed E-state index contributed by atoms with van der Waals surface area (Å²) in [5.41, 5.74) is 0. The first-order valence-electron chi connectivity index (χ1n) is 6.83. The molecule has 0 saturated carbocycles. The van der Waals surface area contributed by atoms with E-state index in [9.17, 15) is 0 Å². The molecule has 0 nitrogen and oxygen atoms in total. The van der Waals surface area contributed by atoms with Crippen LogP contribution in [0, 0.1) is 27.7 Å². The predicted octanol–water partition coefficient (Wildman–Crippen LogP) is 3.11. The van der Waals surface area contributed by atoms with E-state index in [0.717, 1.165) is 25.7 Å². The number of hydrogen-bond donors (Lipinski definition) is 0. The molecule has 0 unspecified atom stereocenters. The first-order chi connectivity index (χ1) is 7.66. The number of hydrogen-bond acceptors (Lipinski definition) is 0. The molecule has 0 atom stereocenters. The van der Waals surface area contributed by atoms with Crippen LogP contribution in [0.1, 0.15) is 79.1 Å². The minimum Gasteiger partial charge on any atom is -1.00 e. The number of halogens is 1. The molecule has 0 spiro atoms. The van der Waals surface area contributed by atoms with Crippen LogP contribution in [0.2, 0.25) is 0 Å². The molecular formula is C16H36BrSb-. The maximum absolute atomic E-state index is 3.60. The van der Waals surface area contributed by atoms with Crippen molar-refractivity contribution >= 4 is 24.4 Å². The van der Waals surface area contributed by atoms with Crippen LogP contribution in [-0.4, -0.2) is 24.4 Å². The van der Waals surface area contributed by atoms with Gasteiger partial charge in [0.1, 0.15) is 0 Å². The van der Waals surface area contributed by atoms with E-state index in [4.69, 9.17) is 0 Å². The fraction of sp³-hybridized carbons (Fsp3) is 0.750. The first-order valence-corrected chi connectivity index (χ1v) is 6.83. The van der Waals surface area contributed by atoms with Gasteiger partial charge in [-0.25, -0.2) is 0 Å². The van der Waals surface area contributed by atoms with Gasteiger partial charge < -0.3 is 17.0 Å². The molecule has 0 aliphatic rings. The van der Waals surface area contributed by atoms with Gasteiger partial charge in [0.05, 0.1) is 0 Å². The normalized spacial score (nSPS) is 6.67. The van der Waals surface area contributed by atoms with Crippen LogP contribution in [-0.2, 0) is 0 Å². The van der Waals surface area contributed by atoms with Crippen molar-refractivity contribution in [2.75, 3.05) is 0 Å². The Hall–Kier alpha value is 1.30. The molecule has 0 rings (SSSR count). The maximum Gasteiger partial charge on any atom is 0 e. The van der Waals surface area contributed by atoms with Crippen molar-refractivity contribution in [2.24, 2.45) is 0 Å². The molecule has 0 aliphatic carbocycles. The van der Waals surface area contributed by atoms with Gasteiger partial charge in [0.2, 0.25) is 0 Å². The van der Waals surface area contributed by atoms with Crippen LogP contribution >= 0.6 is 0 Å². The second kappa shape index (κ2) is 63.3. The van der Waals surface area contributed by atoms with E-state index in [1.807, 2.05) is 0 Å². The molecule has 113 valence electrons. The Kier molecular flexibility index (Phi) is 129. The topological polar surface area (TPSA) is 0 Å². The smallest absolute Gasteiger partial charge is 0 e. The van der Waals surface area contributed by atoms with E-state index in [1.165, 1.54) is 25.7 Å². The molecule has 18 heavy (non-hydrogen) atoms. The molecule has 7 radical (unpaired) electrons. The molecule has 2 heteroatoms. The number of unbranched alkanes of at least 4 members (excludes halogenated alkanes) is 4. The van der Waals surface area contributed by atoms with Gasteiger partial charge in [0, 0.05) is 24.4 Å². The van der Waals surface area contributed by atoms with Crippen molar-refractivity contribution in [3.63, 3.8) is 0 Å². The molecule has 0 aromatic carbocycles. The van der Waals surface area contributed by atoms with E-state index < -0.39 is 0 Å². The van der Waals surface area contributed by atoms with Crippen molar-refractivity contribution in [3.05, 3.63) is 27.7 Å². The molecule has 0 aromatic heterocycles. The summed E-state index contributed by atoms with van der Waals surface area (Å²) < 4.78 is 0. The van der Waals surface area contributed by atoms with Crippen LogP contribution in [0.3, 0.4) is 0 Å². The molecule has 0 aliphatic heterocycles. The van der Waals surface area contributed by atoms with E-state index in [0.29, 0.717) is 0 Å². The third kappa shape index (κ3) is 164.